The molecule has 5 rings (SSSR count). The number of aryl methyl sites for hydroxylation is 1. The molecule has 234 valence electrons. The Morgan fingerprint density at radius 3 is 2.27 bits per heavy atom. The van der Waals surface area contributed by atoms with Crippen molar-refractivity contribution in [2.24, 2.45) is 0 Å². The maximum atomic E-state index is 13.8. The number of hydrogen-bond acceptors (Lipinski definition) is 6. The van der Waals surface area contributed by atoms with Crippen molar-refractivity contribution in [1.82, 2.24) is 19.6 Å². The summed E-state index contributed by atoms with van der Waals surface area (Å²) in [5, 5.41) is 6.47. The third-order valence-corrected chi connectivity index (χ3v) is 9.64. The standard InChI is InChI=1S/C32H30Br2N4O6S/c1-18-5-9-21(10-6-18)45(42,43)38-17-25(23-12-8-20(34)14-28(23)38)27(37-31(41)44-32(2,3)4)16-36-30(40)29(39)24-15-35-26-13-19(33)7-11-22(24)26/h5-15,17,27,35H,16H2,1-4H3,(H,36,40)(H,37,41)/t27-/m0/s1. The molecule has 0 fully saturated rings. The summed E-state index contributed by atoms with van der Waals surface area (Å²) in [6.07, 6.45) is 2.10. The van der Waals surface area contributed by atoms with Gasteiger partial charge in [0.05, 0.1) is 22.0 Å². The van der Waals surface area contributed by atoms with Crippen LogP contribution < -0.4 is 10.6 Å². The Hall–Kier alpha value is -3.94. The van der Waals surface area contributed by atoms with E-state index in [0.29, 0.717) is 31.8 Å². The van der Waals surface area contributed by atoms with Crippen molar-refractivity contribution in [2.75, 3.05) is 6.54 Å². The van der Waals surface area contributed by atoms with E-state index in [2.05, 4.69) is 47.5 Å². The highest BCUT2D eigenvalue weighted by Crippen LogP contribution is 2.32. The zero-order valence-electron chi connectivity index (χ0n) is 24.8. The Morgan fingerprint density at radius 1 is 0.956 bits per heavy atom. The fourth-order valence-corrected chi connectivity index (χ4v) is 6.95. The summed E-state index contributed by atoms with van der Waals surface area (Å²) >= 11 is 6.81. The molecule has 10 nitrogen and oxygen atoms in total. The fourth-order valence-electron chi connectivity index (χ4n) is 4.87. The number of fused-ring (bicyclic) bond motifs is 2. The number of amides is 2. The van der Waals surface area contributed by atoms with E-state index in [9.17, 15) is 22.8 Å². The van der Waals surface area contributed by atoms with Gasteiger partial charge < -0.3 is 20.4 Å². The van der Waals surface area contributed by atoms with Crippen molar-refractivity contribution in [3.05, 3.63) is 98.7 Å². The second kappa shape index (κ2) is 12.5. The number of Topliss-reactive ketones (excluding diaryl/α,β-unsaturated/α-hetero) is 1. The van der Waals surface area contributed by atoms with Crippen molar-refractivity contribution in [3.8, 4) is 0 Å². The zero-order valence-corrected chi connectivity index (χ0v) is 28.8. The maximum absolute atomic E-state index is 13.8. The minimum Gasteiger partial charge on any atom is -0.444 e. The molecule has 0 saturated carbocycles. The minimum absolute atomic E-state index is 0.0813. The number of rotatable bonds is 8. The van der Waals surface area contributed by atoms with Gasteiger partial charge in [0.2, 0.25) is 0 Å². The van der Waals surface area contributed by atoms with Crippen LogP contribution in [0.3, 0.4) is 0 Å². The molecule has 0 spiro atoms. The number of ketones is 1. The molecule has 5 aromatic rings. The van der Waals surface area contributed by atoms with Crippen LogP contribution in [0.15, 0.2) is 86.9 Å². The molecular formula is C32H30Br2N4O6S. The number of carbonyl (C=O) groups excluding carboxylic acids is 3. The first kappa shape index (κ1) is 32.5. The number of aromatic amines is 1. The van der Waals surface area contributed by atoms with E-state index in [0.717, 1.165) is 14.0 Å². The summed E-state index contributed by atoms with van der Waals surface area (Å²) in [5.74, 6) is -1.67. The van der Waals surface area contributed by atoms with Crippen molar-refractivity contribution in [1.29, 1.82) is 0 Å². The number of ether oxygens (including phenoxy) is 1. The van der Waals surface area contributed by atoms with Gasteiger partial charge in [-0.2, -0.15) is 0 Å². The minimum atomic E-state index is -4.06. The smallest absolute Gasteiger partial charge is 0.408 e. The highest BCUT2D eigenvalue weighted by molar-refractivity contribution is 9.10. The third kappa shape index (κ3) is 7.00. The van der Waals surface area contributed by atoms with Crippen molar-refractivity contribution < 1.29 is 27.5 Å². The predicted octanol–water partition coefficient (Wildman–Crippen LogP) is 6.76. The molecule has 45 heavy (non-hydrogen) atoms. The third-order valence-electron chi connectivity index (χ3n) is 6.97. The lowest BCUT2D eigenvalue weighted by Crippen LogP contribution is -2.42. The van der Waals surface area contributed by atoms with Gasteiger partial charge in [0.25, 0.3) is 21.7 Å². The Labute approximate surface area is 276 Å². The molecule has 0 radical (unpaired) electrons. The molecule has 0 aliphatic rings. The van der Waals surface area contributed by atoms with Crippen LogP contribution in [0.25, 0.3) is 21.8 Å². The van der Waals surface area contributed by atoms with E-state index < -0.39 is 39.4 Å². The molecule has 3 N–H and O–H groups in total. The number of aromatic nitrogens is 2. The number of nitrogens with one attached hydrogen (secondary N) is 3. The summed E-state index contributed by atoms with van der Waals surface area (Å²) < 4.78 is 35.8. The second-order valence-electron chi connectivity index (χ2n) is 11.5. The fraction of sp³-hybridized carbons (Fsp3) is 0.219. The molecule has 1 atom stereocenters. The van der Waals surface area contributed by atoms with Gasteiger partial charge in [-0.3, -0.25) is 9.59 Å². The summed E-state index contributed by atoms with van der Waals surface area (Å²) in [4.78, 5) is 42.4. The number of nitrogens with zero attached hydrogens (tertiary/aromatic N) is 1. The molecule has 0 bridgehead atoms. The zero-order chi connectivity index (χ0) is 32.7. The van der Waals surface area contributed by atoms with E-state index in [1.165, 1.54) is 24.5 Å². The van der Waals surface area contributed by atoms with Gasteiger partial charge in [-0.25, -0.2) is 17.2 Å². The normalized spacial score (nSPS) is 12.7. The van der Waals surface area contributed by atoms with Crippen LogP contribution in [0.1, 0.15) is 48.3 Å². The lowest BCUT2D eigenvalue weighted by atomic mass is 10.1. The highest BCUT2D eigenvalue weighted by Gasteiger charge is 2.29. The van der Waals surface area contributed by atoms with Gasteiger partial charge in [-0.1, -0.05) is 61.7 Å². The van der Waals surface area contributed by atoms with Crippen LogP contribution in [-0.4, -0.2) is 47.3 Å². The summed E-state index contributed by atoms with van der Waals surface area (Å²) in [5.41, 5.74) is 1.69. The molecule has 3 aromatic carbocycles. The molecular weight excluding hydrogens is 728 g/mol. The Morgan fingerprint density at radius 2 is 1.60 bits per heavy atom. The van der Waals surface area contributed by atoms with Crippen LogP contribution in [-0.2, 0) is 19.6 Å². The van der Waals surface area contributed by atoms with Gasteiger partial charge in [-0.15, -0.1) is 0 Å². The molecule has 0 saturated heterocycles. The molecule has 13 heteroatoms. The molecule has 0 unspecified atom stereocenters. The van der Waals surface area contributed by atoms with Gasteiger partial charge in [0.15, 0.2) is 0 Å². The summed E-state index contributed by atoms with van der Waals surface area (Å²) in [7, 11) is -4.06. The first-order chi connectivity index (χ1) is 21.1. The number of benzene rings is 3. The van der Waals surface area contributed by atoms with E-state index in [1.807, 2.05) is 6.92 Å². The maximum Gasteiger partial charge on any atom is 0.408 e. The largest absolute Gasteiger partial charge is 0.444 e. The SMILES string of the molecule is Cc1ccc(S(=O)(=O)n2cc([C@H](CNC(=O)C(=O)c3c[nH]c4cc(Br)ccc34)NC(=O)OC(C)(C)C)c3ccc(Br)cc32)cc1. The van der Waals surface area contributed by atoms with Gasteiger partial charge in [-0.05, 0) is 64.1 Å². The average molecular weight is 758 g/mol. The van der Waals surface area contributed by atoms with Crippen molar-refractivity contribution in [3.63, 3.8) is 0 Å². The lowest BCUT2D eigenvalue weighted by Gasteiger charge is -2.24. The Bertz CT molecular complexity index is 2060. The average Bonchev–Trinajstić information content (AvgIpc) is 3.55. The number of hydrogen-bond donors (Lipinski definition) is 3. The van der Waals surface area contributed by atoms with Gasteiger partial charge in [0, 0.05) is 49.7 Å². The van der Waals surface area contributed by atoms with Crippen LogP contribution in [0.2, 0.25) is 0 Å². The van der Waals surface area contributed by atoms with Gasteiger partial charge in [0.1, 0.15) is 5.60 Å². The molecule has 0 aliphatic heterocycles. The number of H-pyrrole nitrogens is 1. The van der Waals surface area contributed by atoms with Crippen molar-refractivity contribution >= 4 is 81.5 Å². The van der Waals surface area contributed by atoms with Crippen LogP contribution in [0, 0.1) is 6.92 Å². The van der Waals surface area contributed by atoms with Crippen LogP contribution in [0.5, 0.6) is 0 Å². The van der Waals surface area contributed by atoms with E-state index in [4.69, 9.17) is 4.74 Å². The summed E-state index contributed by atoms with van der Waals surface area (Å²) in [6.45, 7) is 6.75. The predicted molar refractivity (Wildman–Crippen MR) is 179 cm³/mol. The van der Waals surface area contributed by atoms with E-state index in [-0.39, 0.29) is 17.0 Å². The van der Waals surface area contributed by atoms with Crippen LogP contribution in [0.4, 0.5) is 4.79 Å². The molecule has 2 heterocycles. The van der Waals surface area contributed by atoms with Crippen LogP contribution >= 0.6 is 31.9 Å². The van der Waals surface area contributed by atoms with E-state index in [1.54, 1.807) is 69.3 Å². The highest BCUT2D eigenvalue weighted by atomic mass is 79.9. The van der Waals surface area contributed by atoms with E-state index >= 15 is 0 Å². The Balaban J connectivity index is 1.52. The Kier molecular flexibility index (Phi) is 8.98. The molecule has 2 amide bonds. The lowest BCUT2D eigenvalue weighted by molar-refractivity contribution is -0.117. The first-order valence-corrected chi connectivity index (χ1v) is 16.9. The first-order valence-electron chi connectivity index (χ1n) is 13.9. The quantitative estimate of drug-likeness (QED) is 0.118. The number of carbonyl (C=O) groups is 3. The molecule has 2 aromatic heterocycles. The topological polar surface area (TPSA) is 139 Å². The molecule has 0 aliphatic carbocycles. The van der Waals surface area contributed by atoms with Crippen molar-refractivity contribution in [2.45, 2.75) is 44.2 Å². The second-order valence-corrected chi connectivity index (χ2v) is 15.1. The monoisotopic (exact) mass is 756 g/mol. The number of alkyl carbamates (subject to hydrolysis) is 1. The van der Waals surface area contributed by atoms with Gasteiger partial charge >= 0.3 is 6.09 Å². The summed E-state index contributed by atoms with van der Waals surface area (Å²) in [6, 6.07) is 15.9. The number of halogens is 2.